The average molecular weight is 128 g/mol. The second-order valence-corrected chi connectivity index (χ2v) is 4.08. The maximum atomic E-state index is 2.32. The molecule has 0 radical (unpaired) electrons. The molecule has 0 bridgehead atoms. The molecule has 0 aromatic carbocycles. The van der Waals surface area contributed by atoms with Gasteiger partial charge in [-0.1, -0.05) is 19.9 Å². The van der Waals surface area contributed by atoms with E-state index in [0.29, 0.717) is 0 Å². The minimum atomic E-state index is 0.779. The molecule has 1 aliphatic rings. The van der Waals surface area contributed by atoms with Crippen molar-refractivity contribution in [2.24, 2.45) is 0 Å². The minimum absolute atomic E-state index is 0.779. The monoisotopic (exact) mass is 128 g/mol. The predicted octanol–water partition coefficient (Wildman–Crippen LogP) is 2.81. The summed E-state index contributed by atoms with van der Waals surface area (Å²) in [5.41, 5.74) is 0. The van der Waals surface area contributed by atoms with Crippen LogP contribution in [0.3, 0.4) is 0 Å². The van der Waals surface area contributed by atoms with Crippen LogP contribution in [0.5, 0.6) is 0 Å². The average Bonchev–Trinajstić information content (AvgIpc) is 1.55. The van der Waals surface area contributed by atoms with Gasteiger partial charge >= 0.3 is 0 Å². The molecule has 1 heteroatoms. The van der Waals surface area contributed by atoms with Crippen molar-refractivity contribution in [3.63, 3.8) is 0 Å². The molecule has 0 amide bonds. The highest BCUT2D eigenvalue weighted by atomic mass is 32.2. The lowest BCUT2D eigenvalue weighted by molar-refractivity contribution is 0.936. The molecular formula is C7H12S. The van der Waals surface area contributed by atoms with Gasteiger partial charge in [0.15, 0.2) is 0 Å². The molecule has 0 aliphatic heterocycles. The minimum Gasteiger partial charge on any atom is -0.128 e. The largest absolute Gasteiger partial charge is 0.128 e. The molecule has 1 rings (SSSR count). The number of allylic oxidation sites excluding steroid dienone is 2. The molecule has 0 saturated carbocycles. The van der Waals surface area contributed by atoms with Gasteiger partial charge in [-0.15, -0.1) is 11.8 Å². The molecule has 1 aliphatic carbocycles. The molecule has 0 aromatic heterocycles. The van der Waals surface area contributed by atoms with E-state index in [-0.39, 0.29) is 0 Å². The Morgan fingerprint density at radius 3 is 2.38 bits per heavy atom. The van der Waals surface area contributed by atoms with Gasteiger partial charge in [0, 0.05) is 5.25 Å². The van der Waals surface area contributed by atoms with Crippen LogP contribution >= 0.6 is 11.8 Å². The molecule has 46 valence electrons. The van der Waals surface area contributed by atoms with Crippen LogP contribution in [0, 0.1) is 0 Å². The molecule has 0 nitrogen and oxygen atoms in total. The molecule has 0 fully saturated rings. The maximum Gasteiger partial charge on any atom is 0.00344 e. The van der Waals surface area contributed by atoms with Crippen LogP contribution in [0.1, 0.15) is 26.7 Å². The van der Waals surface area contributed by atoms with E-state index >= 15 is 0 Å². The summed E-state index contributed by atoms with van der Waals surface area (Å²) in [6.45, 7) is 4.48. The highest BCUT2D eigenvalue weighted by molar-refractivity contribution is 8.03. The molecule has 0 aromatic rings. The summed E-state index contributed by atoms with van der Waals surface area (Å²) < 4.78 is 0. The summed E-state index contributed by atoms with van der Waals surface area (Å²) in [5.74, 6) is 0. The third-order valence-electron chi connectivity index (χ3n) is 1.15. The summed E-state index contributed by atoms with van der Waals surface area (Å²) in [7, 11) is 0. The number of hydrogen-bond acceptors (Lipinski definition) is 1. The summed E-state index contributed by atoms with van der Waals surface area (Å²) in [6.07, 6.45) is 4.97. The zero-order valence-corrected chi connectivity index (χ0v) is 6.29. The first-order chi connectivity index (χ1) is 3.79. The van der Waals surface area contributed by atoms with Crippen molar-refractivity contribution in [2.75, 3.05) is 0 Å². The third kappa shape index (κ3) is 1.55. The van der Waals surface area contributed by atoms with Gasteiger partial charge in [-0.2, -0.15) is 0 Å². The molecule has 0 spiro atoms. The van der Waals surface area contributed by atoms with Gasteiger partial charge in [-0.3, -0.25) is 0 Å². The summed E-state index contributed by atoms with van der Waals surface area (Å²) >= 11 is 2.00. The van der Waals surface area contributed by atoms with E-state index in [1.54, 1.807) is 4.91 Å². The van der Waals surface area contributed by atoms with Crippen molar-refractivity contribution >= 4 is 11.8 Å². The van der Waals surface area contributed by atoms with Crippen molar-refractivity contribution < 1.29 is 0 Å². The quantitative estimate of drug-likeness (QED) is 0.551. The number of thioether (sulfide) groups is 1. The Hall–Kier alpha value is 0.0900. The Morgan fingerprint density at radius 1 is 1.62 bits per heavy atom. The first-order valence-corrected chi connectivity index (χ1v) is 4.02. The summed E-state index contributed by atoms with van der Waals surface area (Å²) in [6, 6.07) is 0. The van der Waals surface area contributed by atoms with E-state index in [4.69, 9.17) is 0 Å². The molecular weight excluding hydrogens is 116 g/mol. The third-order valence-corrected chi connectivity index (χ3v) is 2.29. The van der Waals surface area contributed by atoms with Gasteiger partial charge in [0.25, 0.3) is 0 Å². The lowest BCUT2D eigenvalue weighted by atomic mass is 10.1. The van der Waals surface area contributed by atoms with E-state index in [0.717, 1.165) is 5.25 Å². The van der Waals surface area contributed by atoms with E-state index in [2.05, 4.69) is 19.9 Å². The van der Waals surface area contributed by atoms with Crippen LogP contribution in [0.4, 0.5) is 0 Å². The van der Waals surface area contributed by atoms with Gasteiger partial charge in [0.1, 0.15) is 0 Å². The highest BCUT2D eigenvalue weighted by Gasteiger charge is 2.06. The topological polar surface area (TPSA) is 0 Å². The molecule has 8 heavy (non-hydrogen) atoms. The van der Waals surface area contributed by atoms with Gasteiger partial charge in [0.2, 0.25) is 0 Å². The van der Waals surface area contributed by atoms with E-state index in [1.807, 2.05) is 11.8 Å². The molecule has 0 atom stereocenters. The van der Waals surface area contributed by atoms with Crippen LogP contribution in [0.15, 0.2) is 11.0 Å². The summed E-state index contributed by atoms with van der Waals surface area (Å²) in [5, 5.41) is 0.779. The first-order valence-electron chi connectivity index (χ1n) is 3.15. The lowest BCUT2D eigenvalue weighted by Gasteiger charge is -2.14. The fourth-order valence-electron chi connectivity index (χ4n) is 0.672. The first kappa shape index (κ1) is 6.21. The van der Waals surface area contributed by atoms with Crippen molar-refractivity contribution in [3.8, 4) is 0 Å². The van der Waals surface area contributed by atoms with E-state index < -0.39 is 0 Å². The van der Waals surface area contributed by atoms with Gasteiger partial charge in [-0.05, 0) is 17.7 Å². The Labute approximate surface area is 55.4 Å². The van der Waals surface area contributed by atoms with Crippen molar-refractivity contribution in [1.82, 2.24) is 0 Å². The Bertz CT molecular complexity index is 103. The second kappa shape index (κ2) is 2.58. The number of hydrogen-bond donors (Lipinski definition) is 0. The van der Waals surface area contributed by atoms with Crippen LogP contribution in [-0.2, 0) is 0 Å². The Kier molecular flexibility index (Phi) is 2.01. The molecule has 0 heterocycles. The summed E-state index contributed by atoms with van der Waals surface area (Å²) in [4.78, 5) is 1.60. The molecule has 0 unspecified atom stereocenters. The lowest BCUT2D eigenvalue weighted by Crippen LogP contribution is -1.94. The van der Waals surface area contributed by atoms with Crippen LogP contribution in [0.2, 0.25) is 0 Å². The van der Waals surface area contributed by atoms with Crippen molar-refractivity contribution in [2.45, 2.75) is 31.9 Å². The van der Waals surface area contributed by atoms with E-state index in [9.17, 15) is 0 Å². The second-order valence-electron chi connectivity index (χ2n) is 2.38. The normalized spacial score (nSPS) is 18.1. The van der Waals surface area contributed by atoms with Gasteiger partial charge < -0.3 is 0 Å². The van der Waals surface area contributed by atoms with Crippen LogP contribution < -0.4 is 0 Å². The molecule has 0 saturated heterocycles. The van der Waals surface area contributed by atoms with Gasteiger partial charge in [-0.25, -0.2) is 0 Å². The van der Waals surface area contributed by atoms with Crippen molar-refractivity contribution in [1.29, 1.82) is 0 Å². The SMILES string of the molecule is CC(C)SC1=CCC1. The van der Waals surface area contributed by atoms with E-state index in [1.165, 1.54) is 12.8 Å². The maximum absolute atomic E-state index is 2.32. The zero-order chi connectivity index (χ0) is 5.98. The highest BCUT2D eigenvalue weighted by Crippen LogP contribution is 2.32. The van der Waals surface area contributed by atoms with Crippen molar-refractivity contribution in [3.05, 3.63) is 11.0 Å². The van der Waals surface area contributed by atoms with Crippen LogP contribution in [0.25, 0.3) is 0 Å². The smallest absolute Gasteiger partial charge is 0.00344 e. The zero-order valence-electron chi connectivity index (χ0n) is 5.48. The number of rotatable bonds is 2. The fraction of sp³-hybridized carbons (Fsp3) is 0.714. The Balaban J connectivity index is 2.19. The van der Waals surface area contributed by atoms with Crippen LogP contribution in [-0.4, -0.2) is 5.25 Å². The predicted molar refractivity (Wildman–Crippen MR) is 40.0 cm³/mol. The Morgan fingerprint density at radius 2 is 2.25 bits per heavy atom. The van der Waals surface area contributed by atoms with Gasteiger partial charge in [0.05, 0.1) is 0 Å². The molecule has 0 N–H and O–H groups in total. The fourth-order valence-corrected chi connectivity index (χ4v) is 1.73. The standard InChI is InChI=1S/C7H12S/c1-6(2)8-7-4-3-5-7/h4,6H,3,5H2,1-2H3.